The normalized spacial score (nSPS) is 15.5. The third-order valence-electron chi connectivity index (χ3n) is 5.45. The molecule has 2 heterocycles. The molecule has 0 aliphatic carbocycles. The number of aryl methyl sites for hydroxylation is 1. The molecule has 34 heavy (non-hydrogen) atoms. The van der Waals surface area contributed by atoms with Gasteiger partial charge in [-0.3, -0.25) is 9.59 Å². The first-order valence-corrected chi connectivity index (χ1v) is 10.6. The monoisotopic (exact) mass is 461 g/mol. The molecule has 4 amide bonds. The molecule has 1 aliphatic heterocycles. The van der Waals surface area contributed by atoms with Crippen LogP contribution in [0.4, 0.5) is 16.2 Å². The molecule has 0 bridgehead atoms. The molecule has 1 aromatic heterocycles. The first-order valence-electron chi connectivity index (χ1n) is 10.6. The Morgan fingerprint density at radius 1 is 1.06 bits per heavy atom. The van der Waals surface area contributed by atoms with E-state index in [4.69, 9.17) is 4.42 Å². The van der Waals surface area contributed by atoms with Crippen molar-refractivity contribution < 1.29 is 28.3 Å². The molecule has 4 rings (SSSR count). The number of amides is 4. The molecule has 1 atom stereocenters. The second kappa shape index (κ2) is 9.62. The molecule has 0 saturated carbocycles. The molecule has 174 valence electrons. The summed E-state index contributed by atoms with van der Waals surface area (Å²) in [5, 5.41) is 2.71. The van der Waals surface area contributed by atoms with Crippen LogP contribution in [0, 0.1) is 6.92 Å². The number of imide groups is 1. The molecule has 0 spiro atoms. The van der Waals surface area contributed by atoms with Crippen molar-refractivity contribution in [1.82, 2.24) is 4.90 Å². The van der Waals surface area contributed by atoms with Crippen LogP contribution >= 0.6 is 0 Å². The highest BCUT2D eigenvalue weighted by Gasteiger charge is 2.47. The number of carbonyl (C=O) groups excluding carboxylic acids is 4. The molecule has 0 radical (unpaired) electrons. The molecule has 9 heteroatoms. The van der Waals surface area contributed by atoms with Crippen LogP contribution in [0.25, 0.3) is 0 Å². The van der Waals surface area contributed by atoms with Gasteiger partial charge in [0, 0.05) is 5.69 Å². The van der Waals surface area contributed by atoms with E-state index in [9.17, 15) is 19.2 Å². The molecule has 1 saturated heterocycles. The van der Waals surface area contributed by atoms with E-state index >= 15 is 0 Å². The Kier molecular flexibility index (Phi) is 6.44. The zero-order valence-electron chi connectivity index (χ0n) is 18.7. The van der Waals surface area contributed by atoms with Gasteiger partial charge in [-0.1, -0.05) is 12.1 Å². The Labute approximate surface area is 195 Å². The highest BCUT2D eigenvalue weighted by atomic mass is 16.5. The maximum absolute atomic E-state index is 13.3. The number of furan rings is 1. The standard InChI is InChI=1S/C25H23N3O6/c1-16-5-3-6-19(13-16)28-23(30)21(27(25(28)32)15-20-7-4-12-34-20)14-22(29)26-18-10-8-17(9-11-18)24(31)33-2/h3-13,21H,14-15H2,1-2H3,(H,26,29)/t21-/m0/s1. The fourth-order valence-electron chi connectivity index (χ4n) is 3.78. The smallest absolute Gasteiger partial charge is 0.337 e. The summed E-state index contributed by atoms with van der Waals surface area (Å²) in [7, 11) is 1.28. The lowest BCUT2D eigenvalue weighted by Crippen LogP contribution is -2.37. The summed E-state index contributed by atoms with van der Waals surface area (Å²) >= 11 is 0. The first kappa shape index (κ1) is 22.8. The minimum Gasteiger partial charge on any atom is -0.467 e. The summed E-state index contributed by atoms with van der Waals surface area (Å²) in [6.45, 7) is 1.91. The fraction of sp³-hybridized carbons (Fsp3) is 0.200. The van der Waals surface area contributed by atoms with E-state index < -0.39 is 29.9 Å². The lowest BCUT2D eigenvalue weighted by molar-refractivity contribution is -0.124. The van der Waals surface area contributed by atoms with E-state index in [0.717, 1.165) is 10.5 Å². The third kappa shape index (κ3) is 4.68. The number of methoxy groups -OCH3 is 1. The number of hydrogen-bond donors (Lipinski definition) is 1. The van der Waals surface area contributed by atoms with Gasteiger partial charge < -0.3 is 19.4 Å². The quantitative estimate of drug-likeness (QED) is 0.424. The SMILES string of the molecule is COC(=O)c1ccc(NC(=O)C[C@H]2C(=O)N(c3cccc(C)c3)C(=O)N2Cc2ccco2)cc1. The van der Waals surface area contributed by atoms with Crippen LogP contribution in [0.15, 0.2) is 71.3 Å². The third-order valence-corrected chi connectivity index (χ3v) is 5.45. The zero-order valence-corrected chi connectivity index (χ0v) is 18.7. The van der Waals surface area contributed by atoms with Gasteiger partial charge >= 0.3 is 12.0 Å². The Balaban J connectivity index is 1.54. The molecule has 9 nitrogen and oxygen atoms in total. The molecule has 1 fully saturated rings. The van der Waals surface area contributed by atoms with Crippen molar-refractivity contribution in [2.75, 3.05) is 17.3 Å². The molecular weight excluding hydrogens is 438 g/mol. The number of nitrogens with one attached hydrogen (secondary N) is 1. The van der Waals surface area contributed by atoms with Crippen molar-refractivity contribution in [2.45, 2.75) is 25.9 Å². The Hall–Kier alpha value is -4.40. The number of nitrogens with zero attached hydrogens (tertiary/aromatic N) is 2. The maximum atomic E-state index is 13.3. The predicted octanol–water partition coefficient (Wildman–Crippen LogP) is 3.74. The molecule has 3 aromatic rings. The molecular formula is C25H23N3O6. The predicted molar refractivity (Wildman–Crippen MR) is 123 cm³/mol. The van der Waals surface area contributed by atoms with Gasteiger partial charge in [-0.2, -0.15) is 0 Å². The Morgan fingerprint density at radius 2 is 1.82 bits per heavy atom. The van der Waals surface area contributed by atoms with Gasteiger partial charge in [0.15, 0.2) is 0 Å². The summed E-state index contributed by atoms with van der Waals surface area (Å²) < 4.78 is 10.0. The van der Waals surface area contributed by atoms with Crippen LogP contribution < -0.4 is 10.2 Å². The van der Waals surface area contributed by atoms with Gasteiger partial charge in [-0.25, -0.2) is 14.5 Å². The van der Waals surface area contributed by atoms with Crippen LogP contribution in [-0.2, 0) is 20.9 Å². The summed E-state index contributed by atoms with van der Waals surface area (Å²) in [4.78, 5) is 53.4. The number of esters is 1. The lowest BCUT2D eigenvalue weighted by atomic mass is 10.1. The van der Waals surface area contributed by atoms with Gasteiger partial charge in [0.25, 0.3) is 5.91 Å². The van der Waals surface area contributed by atoms with Gasteiger partial charge in [0.2, 0.25) is 5.91 Å². The van der Waals surface area contributed by atoms with Crippen molar-refractivity contribution in [3.8, 4) is 0 Å². The summed E-state index contributed by atoms with van der Waals surface area (Å²) in [6, 6.07) is 15.1. The average molecular weight is 461 g/mol. The van der Waals surface area contributed by atoms with Crippen LogP contribution in [0.5, 0.6) is 0 Å². The van der Waals surface area contributed by atoms with Gasteiger partial charge in [-0.15, -0.1) is 0 Å². The van der Waals surface area contributed by atoms with Crippen LogP contribution in [0.2, 0.25) is 0 Å². The highest BCUT2D eigenvalue weighted by Crippen LogP contribution is 2.29. The number of hydrogen-bond acceptors (Lipinski definition) is 6. The van der Waals surface area contributed by atoms with Crippen molar-refractivity contribution >= 4 is 35.2 Å². The summed E-state index contributed by atoms with van der Waals surface area (Å²) in [5.41, 5.74) is 2.13. The topological polar surface area (TPSA) is 109 Å². The second-order valence-electron chi connectivity index (χ2n) is 7.84. The number of ether oxygens (including phenoxy) is 1. The van der Waals surface area contributed by atoms with E-state index in [2.05, 4.69) is 10.1 Å². The molecule has 1 N–H and O–H groups in total. The van der Waals surface area contributed by atoms with E-state index in [1.54, 1.807) is 42.5 Å². The van der Waals surface area contributed by atoms with Crippen molar-refractivity contribution in [3.05, 3.63) is 83.8 Å². The molecule has 2 aromatic carbocycles. The number of anilines is 2. The van der Waals surface area contributed by atoms with E-state index in [1.807, 2.05) is 13.0 Å². The van der Waals surface area contributed by atoms with Gasteiger partial charge in [0.1, 0.15) is 11.8 Å². The van der Waals surface area contributed by atoms with E-state index in [-0.39, 0.29) is 13.0 Å². The highest BCUT2D eigenvalue weighted by molar-refractivity contribution is 6.22. The largest absolute Gasteiger partial charge is 0.467 e. The molecule has 1 aliphatic rings. The van der Waals surface area contributed by atoms with Crippen molar-refractivity contribution in [1.29, 1.82) is 0 Å². The molecule has 0 unspecified atom stereocenters. The van der Waals surface area contributed by atoms with E-state index in [1.165, 1.54) is 30.4 Å². The number of carbonyl (C=O) groups is 4. The Morgan fingerprint density at radius 3 is 2.47 bits per heavy atom. The Bertz CT molecular complexity index is 1220. The minimum atomic E-state index is -1.01. The first-order chi connectivity index (χ1) is 16.4. The minimum absolute atomic E-state index is 0.0473. The summed E-state index contributed by atoms with van der Waals surface area (Å²) in [6.07, 6.45) is 1.24. The van der Waals surface area contributed by atoms with Gasteiger partial charge in [-0.05, 0) is 61.0 Å². The van der Waals surface area contributed by atoms with Gasteiger partial charge in [0.05, 0.1) is 37.6 Å². The lowest BCUT2D eigenvalue weighted by Gasteiger charge is -2.20. The van der Waals surface area contributed by atoms with Crippen molar-refractivity contribution in [2.24, 2.45) is 0 Å². The number of rotatable bonds is 7. The number of urea groups is 1. The van der Waals surface area contributed by atoms with Crippen molar-refractivity contribution in [3.63, 3.8) is 0 Å². The van der Waals surface area contributed by atoms with Crippen LogP contribution in [0.3, 0.4) is 0 Å². The second-order valence-corrected chi connectivity index (χ2v) is 7.84. The van der Waals surface area contributed by atoms with E-state index in [0.29, 0.717) is 22.7 Å². The summed E-state index contributed by atoms with van der Waals surface area (Å²) in [5.74, 6) is -0.931. The number of benzene rings is 2. The zero-order chi connectivity index (χ0) is 24.2. The fourth-order valence-corrected chi connectivity index (χ4v) is 3.78. The van der Waals surface area contributed by atoms with Crippen LogP contribution in [0.1, 0.15) is 28.1 Å². The van der Waals surface area contributed by atoms with Crippen LogP contribution in [-0.4, -0.2) is 41.9 Å². The average Bonchev–Trinajstić information content (AvgIpc) is 3.41. The maximum Gasteiger partial charge on any atom is 0.337 e.